The van der Waals surface area contributed by atoms with Gasteiger partial charge in [-0.05, 0) is 30.8 Å². The number of ether oxygens (including phenoxy) is 1. The second-order valence-corrected chi connectivity index (χ2v) is 5.75. The topological polar surface area (TPSA) is 98.5 Å². The highest BCUT2D eigenvalue weighted by molar-refractivity contribution is 9.09. The summed E-state index contributed by atoms with van der Waals surface area (Å²) in [7, 11) is 0. The molecule has 0 aliphatic carbocycles. The Morgan fingerprint density at radius 1 is 1.38 bits per heavy atom. The van der Waals surface area contributed by atoms with E-state index in [2.05, 4.69) is 21.2 Å². The molecular formula is C13H15BrN2O4S. The van der Waals surface area contributed by atoms with Gasteiger partial charge in [0.1, 0.15) is 12.6 Å². The van der Waals surface area contributed by atoms with E-state index in [1.54, 1.807) is 24.3 Å². The van der Waals surface area contributed by atoms with Crippen LogP contribution in [0.5, 0.6) is 0 Å². The van der Waals surface area contributed by atoms with E-state index in [1.807, 2.05) is 0 Å². The van der Waals surface area contributed by atoms with Crippen LogP contribution in [0.3, 0.4) is 0 Å². The predicted molar refractivity (Wildman–Crippen MR) is 83.6 cm³/mol. The van der Waals surface area contributed by atoms with Gasteiger partial charge in [0.25, 0.3) is 5.91 Å². The van der Waals surface area contributed by atoms with Crippen LogP contribution in [0, 0.1) is 0 Å². The smallest absolute Gasteiger partial charge is 0.372 e. The molecule has 114 valence electrons. The van der Waals surface area contributed by atoms with Gasteiger partial charge in [0, 0.05) is 10.2 Å². The highest BCUT2D eigenvalue weighted by Crippen LogP contribution is 2.24. The third-order valence-corrected chi connectivity index (χ3v) is 3.58. The highest BCUT2D eigenvalue weighted by Gasteiger charge is 2.18. The first-order valence-electron chi connectivity index (χ1n) is 6.05. The number of hydrogen-bond donors (Lipinski definition) is 2. The lowest BCUT2D eigenvalue weighted by atomic mass is 10.2. The van der Waals surface area contributed by atoms with Crippen molar-refractivity contribution < 1.29 is 19.1 Å². The molecule has 0 unspecified atom stereocenters. The van der Waals surface area contributed by atoms with Gasteiger partial charge in [0.15, 0.2) is 0 Å². The molecule has 0 spiro atoms. The standard InChI is InChI=1S/C13H15BrN2O4S/c1-8(11(15)17)16-12(18)9-4-2-3-5-10(9)21-13(19)20-7-6-14/h2-5,8H,6-7H2,1H3,(H2,15,17)(H,16,18)/t8-/m0/s1. The molecule has 0 bridgehead atoms. The van der Waals surface area contributed by atoms with Crippen LogP contribution < -0.4 is 11.1 Å². The fourth-order valence-corrected chi connectivity index (χ4v) is 2.23. The van der Waals surface area contributed by atoms with Gasteiger partial charge in [0.2, 0.25) is 5.91 Å². The van der Waals surface area contributed by atoms with E-state index in [0.717, 1.165) is 11.8 Å². The molecule has 1 atom stereocenters. The molecule has 0 aliphatic rings. The average Bonchev–Trinajstić information content (AvgIpc) is 2.45. The van der Waals surface area contributed by atoms with Gasteiger partial charge in [-0.25, -0.2) is 4.79 Å². The fraction of sp³-hybridized carbons (Fsp3) is 0.308. The quantitative estimate of drug-likeness (QED) is 0.450. The van der Waals surface area contributed by atoms with Crippen molar-refractivity contribution in [1.29, 1.82) is 0 Å². The summed E-state index contributed by atoms with van der Waals surface area (Å²) in [4.78, 5) is 35.1. The third kappa shape index (κ3) is 5.76. The molecule has 0 radical (unpaired) electrons. The van der Waals surface area contributed by atoms with Crippen molar-refractivity contribution in [2.24, 2.45) is 5.73 Å². The Labute approximate surface area is 134 Å². The van der Waals surface area contributed by atoms with Crippen molar-refractivity contribution in [3.63, 3.8) is 0 Å². The summed E-state index contributed by atoms with van der Waals surface area (Å²) in [6.45, 7) is 1.74. The first-order chi connectivity index (χ1) is 9.95. The number of alkyl halides is 1. The number of halogens is 1. The number of benzene rings is 1. The zero-order valence-electron chi connectivity index (χ0n) is 11.3. The number of primary amides is 1. The molecule has 1 rings (SSSR count). The number of amides is 2. The molecule has 21 heavy (non-hydrogen) atoms. The molecule has 8 heteroatoms. The SMILES string of the molecule is C[C@H](NC(=O)c1ccccc1SC(=O)OCCBr)C(N)=O. The molecule has 6 nitrogen and oxygen atoms in total. The van der Waals surface area contributed by atoms with Crippen molar-refractivity contribution in [3.8, 4) is 0 Å². The maximum atomic E-state index is 12.1. The molecule has 0 saturated heterocycles. The number of rotatable bonds is 6. The van der Waals surface area contributed by atoms with E-state index in [1.165, 1.54) is 6.92 Å². The van der Waals surface area contributed by atoms with Crippen molar-refractivity contribution in [1.82, 2.24) is 5.32 Å². The van der Waals surface area contributed by atoms with Crippen LogP contribution in [-0.4, -0.2) is 35.1 Å². The molecule has 2 amide bonds. The van der Waals surface area contributed by atoms with Gasteiger partial charge in [-0.3, -0.25) is 9.59 Å². The van der Waals surface area contributed by atoms with Gasteiger partial charge in [0.05, 0.1) is 5.56 Å². The Bertz CT molecular complexity index is 539. The van der Waals surface area contributed by atoms with Crippen molar-refractivity contribution in [2.75, 3.05) is 11.9 Å². The van der Waals surface area contributed by atoms with Crippen molar-refractivity contribution in [2.45, 2.75) is 17.9 Å². The predicted octanol–water partition coefficient (Wildman–Crippen LogP) is 1.91. The lowest BCUT2D eigenvalue weighted by Crippen LogP contribution is -2.42. The number of nitrogens with two attached hydrogens (primary N) is 1. The molecule has 1 aromatic carbocycles. The zero-order chi connectivity index (χ0) is 15.8. The Kier molecular flexibility index (Phi) is 7.24. The Hall–Kier alpha value is -1.54. The zero-order valence-corrected chi connectivity index (χ0v) is 13.7. The van der Waals surface area contributed by atoms with Gasteiger partial charge >= 0.3 is 5.30 Å². The summed E-state index contributed by atoms with van der Waals surface area (Å²) in [6, 6.07) is 5.76. The van der Waals surface area contributed by atoms with Gasteiger partial charge in [-0.2, -0.15) is 0 Å². The van der Waals surface area contributed by atoms with Crippen LogP contribution in [0.25, 0.3) is 0 Å². The summed E-state index contributed by atoms with van der Waals surface area (Å²) in [5.74, 6) is -1.11. The largest absolute Gasteiger partial charge is 0.456 e. The number of hydrogen-bond acceptors (Lipinski definition) is 5. The van der Waals surface area contributed by atoms with E-state index in [0.29, 0.717) is 10.2 Å². The molecule has 0 aromatic heterocycles. The minimum atomic E-state index is -0.795. The van der Waals surface area contributed by atoms with Gasteiger partial charge in [-0.1, -0.05) is 28.1 Å². The summed E-state index contributed by atoms with van der Waals surface area (Å²) in [5.41, 5.74) is 5.38. The maximum absolute atomic E-state index is 12.1. The fourth-order valence-electron chi connectivity index (χ4n) is 1.33. The molecule has 0 aliphatic heterocycles. The third-order valence-electron chi connectivity index (χ3n) is 2.40. The van der Waals surface area contributed by atoms with E-state index in [9.17, 15) is 14.4 Å². The van der Waals surface area contributed by atoms with Crippen LogP contribution in [-0.2, 0) is 9.53 Å². The van der Waals surface area contributed by atoms with Crippen LogP contribution in [0.4, 0.5) is 4.79 Å². The molecule has 0 fully saturated rings. The summed E-state index contributed by atoms with van der Waals surface area (Å²) in [5, 5.41) is 2.50. The van der Waals surface area contributed by atoms with E-state index >= 15 is 0 Å². The Balaban J connectivity index is 2.81. The average molecular weight is 375 g/mol. The van der Waals surface area contributed by atoms with E-state index < -0.39 is 23.2 Å². The number of carbonyl (C=O) groups excluding carboxylic acids is 3. The molecular weight excluding hydrogens is 360 g/mol. The van der Waals surface area contributed by atoms with Crippen LogP contribution >= 0.6 is 27.7 Å². The van der Waals surface area contributed by atoms with Crippen LogP contribution in [0.2, 0.25) is 0 Å². The maximum Gasteiger partial charge on any atom is 0.372 e. The second-order valence-electron chi connectivity index (χ2n) is 3.98. The monoisotopic (exact) mass is 374 g/mol. The second kappa shape index (κ2) is 8.68. The van der Waals surface area contributed by atoms with Crippen LogP contribution in [0.1, 0.15) is 17.3 Å². The number of nitrogens with one attached hydrogen (secondary N) is 1. The van der Waals surface area contributed by atoms with Crippen molar-refractivity contribution in [3.05, 3.63) is 29.8 Å². The first kappa shape index (κ1) is 17.5. The molecule has 3 N–H and O–H groups in total. The minimum Gasteiger partial charge on any atom is -0.456 e. The Morgan fingerprint density at radius 2 is 2.05 bits per heavy atom. The lowest BCUT2D eigenvalue weighted by Gasteiger charge is -2.12. The van der Waals surface area contributed by atoms with E-state index in [-0.39, 0.29) is 12.2 Å². The first-order valence-corrected chi connectivity index (χ1v) is 7.99. The number of thioether (sulfide) groups is 1. The highest BCUT2D eigenvalue weighted by atomic mass is 79.9. The van der Waals surface area contributed by atoms with Crippen molar-refractivity contribution >= 4 is 44.8 Å². The lowest BCUT2D eigenvalue weighted by molar-refractivity contribution is -0.119. The summed E-state index contributed by atoms with van der Waals surface area (Å²) >= 11 is 3.96. The number of carbonyl (C=O) groups is 3. The normalized spacial score (nSPS) is 11.5. The Morgan fingerprint density at radius 3 is 2.67 bits per heavy atom. The van der Waals surface area contributed by atoms with Gasteiger partial charge in [-0.15, -0.1) is 0 Å². The summed E-state index contributed by atoms with van der Waals surface area (Å²) < 4.78 is 4.92. The summed E-state index contributed by atoms with van der Waals surface area (Å²) in [6.07, 6.45) is 0. The van der Waals surface area contributed by atoms with Gasteiger partial charge < -0.3 is 15.8 Å². The molecule has 0 heterocycles. The molecule has 1 aromatic rings. The van der Waals surface area contributed by atoms with Crippen LogP contribution in [0.15, 0.2) is 29.2 Å². The minimum absolute atomic E-state index is 0.249. The van der Waals surface area contributed by atoms with E-state index in [4.69, 9.17) is 10.5 Å². The molecule has 0 saturated carbocycles.